The molecule has 1 aromatic carbocycles. The van der Waals surface area contributed by atoms with E-state index < -0.39 is 0 Å². The summed E-state index contributed by atoms with van der Waals surface area (Å²) < 4.78 is 14.2. The second-order valence-corrected chi connectivity index (χ2v) is 5.32. The van der Waals surface area contributed by atoms with Crippen LogP contribution in [0.4, 0.5) is 10.1 Å². The summed E-state index contributed by atoms with van der Waals surface area (Å²) in [6.07, 6.45) is 0. The molecule has 3 aromatic rings. The Morgan fingerprint density at radius 2 is 2.00 bits per heavy atom. The molecule has 0 saturated heterocycles. The maximum absolute atomic E-state index is 12.9. The Kier molecular flexibility index (Phi) is 3.69. The number of carbonyl (C=O) groups is 1. The number of carbonyl (C=O) groups excluding carboxylic acids is 1. The molecule has 6 nitrogen and oxygen atoms in total. The van der Waals surface area contributed by atoms with Gasteiger partial charge in [-0.1, -0.05) is 0 Å². The van der Waals surface area contributed by atoms with Crippen molar-refractivity contribution in [1.29, 1.82) is 0 Å². The molecule has 2 aromatic heterocycles. The van der Waals surface area contributed by atoms with Crippen LogP contribution in [0.2, 0.25) is 0 Å². The molecule has 0 aliphatic heterocycles. The molecule has 0 bridgehead atoms. The summed E-state index contributed by atoms with van der Waals surface area (Å²) >= 11 is 0. The molecule has 2 N–H and O–H groups in total. The fourth-order valence-corrected chi connectivity index (χ4v) is 2.40. The first-order valence-corrected chi connectivity index (χ1v) is 7.06. The van der Waals surface area contributed by atoms with Gasteiger partial charge in [0, 0.05) is 11.4 Å². The van der Waals surface area contributed by atoms with Crippen LogP contribution in [0.5, 0.6) is 0 Å². The average molecular weight is 314 g/mol. The van der Waals surface area contributed by atoms with E-state index in [1.165, 1.54) is 28.8 Å². The standard InChI is InChI=1S/C16H15FN4O2/c1-9-7-13-15(18-9)19-10(2)21(16(13)23)8-14(22)20-12-5-3-11(17)4-6-12/h3-7,18H,8H2,1-2H3,(H,20,22). The highest BCUT2D eigenvalue weighted by Gasteiger charge is 2.13. The van der Waals surface area contributed by atoms with Gasteiger partial charge in [-0.2, -0.15) is 0 Å². The predicted octanol–water partition coefficient (Wildman–Crippen LogP) is 2.12. The van der Waals surface area contributed by atoms with E-state index in [0.29, 0.717) is 22.5 Å². The van der Waals surface area contributed by atoms with Crippen molar-refractivity contribution < 1.29 is 9.18 Å². The molecule has 0 atom stereocenters. The third-order valence-corrected chi connectivity index (χ3v) is 3.50. The van der Waals surface area contributed by atoms with Crippen LogP contribution >= 0.6 is 0 Å². The minimum atomic E-state index is -0.382. The summed E-state index contributed by atoms with van der Waals surface area (Å²) in [7, 11) is 0. The van der Waals surface area contributed by atoms with E-state index in [-0.39, 0.29) is 23.8 Å². The van der Waals surface area contributed by atoms with Gasteiger partial charge in [-0.05, 0) is 44.2 Å². The van der Waals surface area contributed by atoms with Crippen molar-refractivity contribution in [2.45, 2.75) is 20.4 Å². The van der Waals surface area contributed by atoms with E-state index >= 15 is 0 Å². The van der Waals surface area contributed by atoms with Crippen molar-refractivity contribution in [2.75, 3.05) is 5.32 Å². The zero-order chi connectivity index (χ0) is 16.6. The van der Waals surface area contributed by atoms with Gasteiger partial charge in [0.15, 0.2) is 0 Å². The number of rotatable bonds is 3. The number of amides is 1. The average Bonchev–Trinajstić information content (AvgIpc) is 2.86. The first kappa shape index (κ1) is 15.0. The Bertz CT molecular complexity index is 941. The number of H-pyrrole nitrogens is 1. The van der Waals surface area contributed by atoms with Crippen molar-refractivity contribution >= 4 is 22.6 Å². The number of nitrogens with zero attached hydrogens (tertiary/aromatic N) is 2. The van der Waals surface area contributed by atoms with Gasteiger partial charge in [0.1, 0.15) is 23.8 Å². The van der Waals surface area contributed by atoms with E-state index in [9.17, 15) is 14.0 Å². The molecule has 118 valence electrons. The Morgan fingerprint density at radius 1 is 1.30 bits per heavy atom. The van der Waals surface area contributed by atoms with Gasteiger partial charge in [0.2, 0.25) is 5.91 Å². The van der Waals surface area contributed by atoms with Crippen LogP contribution in [0.3, 0.4) is 0 Å². The first-order valence-electron chi connectivity index (χ1n) is 7.06. The van der Waals surface area contributed by atoms with Crippen molar-refractivity contribution in [2.24, 2.45) is 0 Å². The molecule has 0 radical (unpaired) electrons. The molecule has 23 heavy (non-hydrogen) atoms. The fraction of sp³-hybridized carbons (Fsp3) is 0.188. The number of hydrogen-bond donors (Lipinski definition) is 2. The highest BCUT2D eigenvalue weighted by molar-refractivity contribution is 5.90. The minimum Gasteiger partial charge on any atom is -0.343 e. The highest BCUT2D eigenvalue weighted by atomic mass is 19.1. The largest absolute Gasteiger partial charge is 0.343 e. The monoisotopic (exact) mass is 314 g/mol. The van der Waals surface area contributed by atoms with Gasteiger partial charge in [0.25, 0.3) is 5.56 Å². The number of halogens is 1. The number of fused-ring (bicyclic) bond motifs is 1. The number of aryl methyl sites for hydroxylation is 2. The van der Waals surface area contributed by atoms with E-state index in [4.69, 9.17) is 0 Å². The molecule has 0 saturated carbocycles. The second-order valence-electron chi connectivity index (χ2n) is 5.32. The highest BCUT2D eigenvalue weighted by Crippen LogP contribution is 2.10. The number of aromatic nitrogens is 3. The van der Waals surface area contributed by atoms with Crippen LogP contribution < -0.4 is 10.9 Å². The van der Waals surface area contributed by atoms with Crippen molar-refractivity contribution in [1.82, 2.24) is 14.5 Å². The zero-order valence-electron chi connectivity index (χ0n) is 12.7. The van der Waals surface area contributed by atoms with E-state index in [1.54, 1.807) is 13.0 Å². The number of benzene rings is 1. The molecule has 2 heterocycles. The summed E-state index contributed by atoms with van der Waals surface area (Å²) in [5.41, 5.74) is 1.54. The summed E-state index contributed by atoms with van der Waals surface area (Å²) in [6.45, 7) is 3.35. The van der Waals surface area contributed by atoms with E-state index in [1.807, 2.05) is 6.92 Å². The number of anilines is 1. The SMILES string of the molecule is Cc1cc2c(=O)n(CC(=O)Nc3ccc(F)cc3)c(C)nc2[nH]1. The van der Waals surface area contributed by atoms with E-state index in [0.717, 1.165) is 5.69 Å². The van der Waals surface area contributed by atoms with Crippen molar-refractivity contribution in [3.63, 3.8) is 0 Å². The zero-order valence-corrected chi connectivity index (χ0v) is 12.7. The Balaban J connectivity index is 1.87. The molecule has 1 amide bonds. The summed E-state index contributed by atoms with van der Waals surface area (Å²) in [5, 5.41) is 3.07. The molecular formula is C16H15FN4O2. The summed E-state index contributed by atoms with van der Waals surface area (Å²) in [4.78, 5) is 31.9. The van der Waals surface area contributed by atoms with Crippen LogP contribution in [-0.4, -0.2) is 20.4 Å². The van der Waals surface area contributed by atoms with Gasteiger partial charge >= 0.3 is 0 Å². The van der Waals surface area contributed by atoms with E-state index in [2.05, 4.69) is 15.3 Å². The van der Waals surface area contributed by atoms with Gasteiger partial charge in [0.05, 0.1) is 5.39 Å². The smallest absolute Gasteiger partial charge is 0.263 e. The Morgan fingerprint density at radius 3 is 2.70 bits per heavy atom. The van der Waals surface area contributed by atoms with Crippen LogP contribution in [-0.2, 0) is 11.3 Å². The molecule has 0 spiro atoms. The molecule has 0 fully saturated rings. The lowest BCUT2D eigenvalue weighted by Crippen LogP contribution is -2.30. The lowest BCUT2D eigenvalue weighted by molar-refractivity contribution is -0.116. The molecule has 7 heteroatoms. The van der Waals surface area contributed by atoms with Crippen LogP contribution in [0.15, 0.2) is 35.1 Å². The maximum Gasteiger partial charge on any atom is 0.263 e. The van der Waals surface area contributed by atoms with Crippen molar-refractivity contribution in [3.8, 4) is 0 Å². The van der Waals surface area contributed by atoms with Gasteiger partial charge < -0.3 is 10.3 Å². The number of nitrogens with one attached hydrogen (secondary N) is 2. The third kappa shape index (κ3) is 2.98. The first-order chi connectivity index (χ1) is 10.9. The summed E-state index contributed by atoms with van der Waals surface area (Å²) in [5.74, 6) is -0.318. The van der Waals surface area contributed by atoms with Gasteiger partial charge in [-0.25, -0.2) is 9.37 Å². The van der Waals surface area contributed by atoms with Crippen LogP contribution in [0.25, 0.3) is 11.0 Å². The summed E-state index contributed by atoms with van der Waals surface area (Å²) in [6, 6.07) is 7.13. The van der Waals surface area contributed by atoms with Crippen LogP contribution in [0.1, 0.15) is 11.5 Å². The predicted molar refractivity (Wildman–Crippen MR) is 84.9 cm³/mol. The maximum atomic E-state index is 12.9. The molecular weight excluding hydrogens is 299 g/mol. The van der Waals surface area contributed by atoms with Crippen LogP contribution in [0, 0.1) is 19.7 Å². The normalized spacial score (nSPS) is 10.9. The Hall–Kier alpha value is -2.96. The van der Waals surface area contributed by atoms with Gasteiger partial charge in [-0.15, -0.1) is 0 Å². The van der Waals surface area contributed by atoms with Crippen molar-refractivity contribution in [3.05, 3.63) is 58.0 Å². The number of aromatic amines is 1. The fourth-order valence-electron chi connectivity index (χ4n) is 2.40. The second kappa shape index (κ2) is 5.68. The molecule has 0 aliphatic rings. The molecule has 3 rings (SSSR count). The number of hydrogen-bond acceptors (Lipinski definition) is 3. The topological polar surface area (TPSA) is 79.8 Å². The lowest BCUT2D eigenvalue weighted by Gasteiger charge is -2.10. The Labute approximate surface area is 131 Å². The molecule has 0 unspecified atom stereocenters. The minimum absolute atomic E-state index is 0.158. The quantitative estimate of drug-likeness (QED) is 0.777. The van der Waals surface area contributed by atoms with Gasteiger partial charge in [-0.3, -0.25) is 14.2 Å². The third-order valence-electron chi connectivity index (χ3n) is 3.50. The lowest BCUT2D eigenvalue weighted by atomic mass is 10.3. The molecule has 0 aliphatic carbocycles.